The van der Waals surface area contributed by atoms with Crippen LogP contribution in [0.15, 0.2) is 50.6 Å². The van der Waals surface area contributed by atoms with Crippen LogP contribution in [-0.2, 0) is 18.7 Å². The van der Waals surface area contributed by atoms with E-state index < -0.39 is 0 Å². The molecule has 0 fully saturated rings. The molecule has 0 unspecified atom stereocenters. The first kappa shape index (κ1) is 21.0. The number of anilines is 1. The third-order valence-electron chi connectivity index (χ3n) is 4.29. The molecular formula is C21H26N4O3S. The van der Waals surface area contributed by atoms with Crippen LogP contribution in [0, 0.1) is 0 Å². The van der Waals surface area contributed by atoms with Crippen molar-refractivity contribution in [3.63, 3.8) is 0 Å². The number of nitrogens with one attached hydrogen (secondary N) is 1. The standard InChI is InChI=1S/C21H26N4O3S/c1-4-10-25(3)19-12-15(5-2)23-21(24-19)29-14-17-8-9-18(28-17)20(26)22-13-16-7-6-11-27-16/h6-9,11-12H,4-5,10,13-14H2,1-3H3,(H,22,26). The second kappa shape index (κ2) is 10.2. The number of amides is 1. The number of carbonyl (C=O) groups excluding carboxylic acids is 1. The second-order valence-electron chi connectivity index (χ2n) is 6.59. The van der Waals surface area contributed by atoms with Gasteiger partial charge in [-0.25, -0.2) is 9.97 Å². The van der Waals surface area contributed by atoms with Gasteiger partial charge in [0.15, 0.2) is 10.9 Å². The van der Waals surface area contributed by atoms with E-state index in [1.54, 1.807) is 24.5 Å². The third kappa shape index (κ3) is 5.87. The number of nitrogens with zero attached hydrogens (tertiary/aromatic N) is 3. The van der Waals surface area contributed by atoms with Gasteiger partial charge in [0.25, 0.3) is 5.91 Å². The predicted octanol–water partition coefficient (Wildman–Crippen LogP) is 4.29. The van der Waals surface area contributed by atoms with E-state index >= 15 is 0 Å². The highest BCUT2D eigenvalue weighted by Crippen LogP contribution is 2.24. The summed E-state index contributed by atoms with van der Waals surface area (Å²) in [5, 5.41) is 3.48. The van der Waals surface area contributed by atoms with E-state index in [1.807, 2.05) is 19.2 Å². The molecule has 8 heteroatoms. The summed E-state index contributed by atoms with van der Waals surface area (Å²) in [6, 6.07) is 9.11. The van der Waals surface area contributed by atoms with Crippen LogP contribution < -0.4 is 10.2 Å². The summed E-state index contributed by atoms with van der Waals surface area (Å²) in [5.74, 6) is 2.88. The van der Waals surface area contributed by atoms with Crippen molar-refractivity contribution in [3.05, 3.63) is 59.6 Å². The molecule has 0 radical (unpaired) electrons. The zero-order valence-corrected chi connectivity index (χ0v) is 17.8. The van der Waals surface area contributed by atoms with Gasteiger partial charge < -0.3 is 19.1 Å². The van der Waals surface area contributed by atoms with Gasteiger partial charge >= 0.3 is 0 Å². The van der Waals surface area contributed by atoms with Crippen LogP contribution in [0.3, 0.4) is 0 Å². The molecule has 0 saturated carbocycles. The fraction of sp³-hybridized carbons (Fsp3) is 0.381. The Morgan fingerprint density at radius 2 is 2.07 bits per heavy atom. The number of aryl methyl sites for hydroxylation is 1. The maximum Gasteiger partial charge on any atom is 0.287 e. The maximum atomic E-state index is 12.2. The highest BCUT2D eigenvalue weighted by molar-refractivity contribution is 7.98. The molecule has 0 aliphatic carbocycles. The first-order valence-corrected chi connectivity index (χ1v) is 10.7. The lowest BCUT2D eigenvalue weighted by Crippen LogP contribution is -2.21. The van der Waals surface area contributed by atoms with E-state index in [0.717, 1.165) is 30.9 Å². The lowest BCUT2D eigenvalue weighted by molar-refractivity contribution is 0.0919. The molecule has 29 heavy (non-hydrogen) atoms. The molecule has 0 aliphatic heterocycles. The molecule has 0 spiro atoms. The van der Waals surface area contributed by atoms with Crippen molar-refractivity contribution in [1.29, 1.82) is 0 Å². The van der Waals surface area contributed by atoms with Crippen molar-refractivity contribution in [2.45, 2.75) is 44.1 Å². The van der Waals surface area contributed by atoms with E-state index in [9.17, 15) is 4.79 Å². The largest absolute Gasteiger partial charge is 0.467 e. The van der Waals surface area contributed by atoms with Gasteiger partial charge in [-0.15, -0.1) is 0 Å². The van der Waals surface area contributed by atoms with Crippen LogP contribution in [0.25, 0.3) is 0 Å². The molecule has 0 atom stereocenters. The summed E-state index contributed by atoms with van der Waals surface area (Å²) in [4.78, 5) is 23.6. The van der Waals surface area contributed by atoms with E-state index in [4.69, 9.17) is 8.83 Å². The molecule has 154 valence electrons. The third-order valence-corrected chi connectivity index (χ3v) is 5.16. The number of aromatic nitrogens is 2. The molecule has 0 bridgehead atoms. The van der Waals surface area contributed by atoms with Crippen LogP contribution >= 0.6 is 11.8 Å². The summed E-state index contributed by atoms with van der Waals surface area (Å²) >= 11 is 1.50. The average molecular weight is 415 g/mol. The Kier molecular flexibility index (Phi) is 7.35. The first-order chi connectivity index (χ1) is 14.1. The van der Waals surface area contributed by atoms with Crippen molar-refractivity contribution in [1.82, 2.24) is 15.3 Å². The van der Waals surface area contributed by atoms with Crippen molar-refractivity contribution < 1.29 is 13.6 Å². The van der Waals surface area contributed by atoms with Gasteiger partial charge in [0.2, 0.25) is 0 Å². The molecule has 1 amide bonds. The summed E-state index contributed by atoms with van der Waals surface area (Å²) < 4.78 is 10.9. The van der Waals surface area contributed by atoms with Gasteiger partial charge in [-0.05, 0) is 37.1 Å². The number of rotatable bonds is 10. The topological polar surface area (TPSA) is 84.4 Å². The minimum atomic E-state index is -0.273. The van der Waals surface area contributed by atoms with Gasteiger partial charge in [-0.1, -0.05) is 25.6 Å². The van der Waals surface area contributed by atoms with Crippen molar-refractivity contribution >= 4 is 23.5 Å². The van der Waals surface area contributed by atoms with E-state index in [0.29, 0.717) is 29.0 Å². The summed E-state index contributed by atoms with van der Waals surface area (Å²) in [7, 11) is 2.04. The van der Waals surface area contributed by atoms with Crippen molar-refractivity contribution in [2.24, 2.45) is 0 Å². The predicted molar refractivity (Wildman–Crippen MR) is 113 cm³/mol. The van der Waals surface area contributed by atoms with Gasteiger partial charge in [-0.2, -0.15) is 0 Å². The SMILES string of the molecule is CCCN(C)c1cc(CC)nc(SCc2ccc(C(=O)NCc3ccco3)o2)n1. The lowest BCUT2D eigenvalue weighted by atomic mass is 10.3. The highest BCUT2D eigenvalue weighted by Gasteiger charge is 2.13. The van der Waals surface area contributed by atoms with Crippen LogP contribution in [0.2, 0.25) is 0 Å². The number of hydrogen-bond donors (Lipinski definition) is 1. The number of furan rings is 2. The number of thioether (sulfide) groups is 1. The zero-order valence-electron chi connectivity index (χ0n) is 17.0. The minimum Gasteiger partial charge on any atom is -0.467 e. The Morgan fingerprint density at radius 1 is 1.21 bits per heavy atom. The molecule has 0 aromatic carbocycles. The number of carbonyl (C=O) groups is 1. The van der Waals surface area contributed by atoms with Crippen molar-refractivity contribution in [2.75, 3.05) is 18.5 Å². The highest BCUT2D eigenvalue weighted by atomic mass is 32.2. The number of hydrogen-bond acceptors (Lipinski definition) is 7. The lowest BCUT2D eigenvalue weighted by Gasteiger charge is -2.18. The molecule has 3 aromatic heterocycles. The fourth-order valence-electron chi connectivity index (χ4n) is 2.73. The van der Waals surface area contributed by atoms with Gasteiger partial charge in [0.1, 0.15) is 17.3 Å². The minimum absolute atomic E-state index is 0.273. The van der Waals surface area contributed by atoms with E-state index in [2.05, 4.69) is 34.0 Å². The Bertz CT molecular complexity index is 924. The quantitative estimate of drug-likeness (QED) is 0.391. The normalized spacial score (nSPS) is 10.9. The fourth-order valence-corrected chi connectivity index (χ4v) is 3.50. The molecular weight excluding hydrogens is 388 g/mol. The van der Waals surface area contributed by atoms with Gasteiger partial charge in [0, 0.05) is 25.4 Å². The molecule has 7 nitrogen and oxygen atoms in total. The van der Waals surface area contributed by atoms with Crippen molar-refractivity contribution in [3.8, 4) is 0 Å². The molecule has 3 aromatic rings. The summed E-state index contributed by atoms with van der Waals surface area (Å²) in [6.45, 7) is 5.50. The van der Waals surface area contributed by atoms with Gasteiger partial charge in [-0.3, -0.25) is 4.79 Å². The molecule has 0 aliphatic rings. The Hall–Kier alpha value is -2.74. The van der Waals surface area contributed by atoms with Crippen LogP contribution in [-0.4, -0.2) is 29.5 Å². The monoisotopic (exact) mass is 414 g/mol. The van der Waals surface area contributed by atoms with Gasteiger partial charge in [0.05, 0.1) is 18.6 Å². The zero-order chi connectivity index (χ0) is 20.6. The van der Waals surface area contributed by atoms with Crippen LogP contribution in [0.1, 0.15) is 48.0 Å². The Morgan fingerprint density at radius 3 is 2.79 bits per heavy atom. The van der Waals surface area contributed by atoms with Crippen LogP contribution in [0.4, 0.5) is 5.82 Å². The maximum absolute atomic E-state index is 12.2. The molecule has 0 saturated heterocycles. The molecule has 3 heterocycles. The summed E-state index contributed by atoms with van der Waals surface area (Å²) in [6.07, 6.45) is 3.48. The first-order valence-electron chi connectivity index (χ1n) is 9.70. The second-order valence-corrected chi connectivity index (χ2v) is 7.53. The molecule has 1 N–H and O–H groups in total. The Balaban J connectivity index is 1.60. The summed E-state index contributed by atoms with van der Waals surface area (Å²) in [5.41, 5.74) is 1.01. The Labute approximate surface area is 174 Å². The van der Waals surface area contributed by atoms with E-state index in [-0.39, 0.29) is 11.7 Å². The van der Waals surface area contributed by atoms with E-state index in [1.165, 1.54) is 11.8 Å². The molecule has 3 rings (SSSR count). The average Bonchev–Trinajstić information content (AvgIpc) is 3.42. The smallest absolute Gasteiger partial charge is 0.287 e. The van der Waals surface area contributed by atoms with Crippen LogP contribution in [0.5, 0.6) is 0 Å².